The lowest BCUT2D eigenvalue weighted by Crippen LogP contribution is -2.14. The molecule has 1 aromatic heterocycles. The zero-order valence-electron chi connectivity index (χ0n) is 14.1. The summed E-state index contributed by atoms with van der Waals surface area (Å²) in [4.78, 5) is 22.7. The number of nitrogens with one attached hydrogen (secondary N) is 2. The number of hydrogen-bond donors (Lipinski definition) is 2. The maximum absolute atomic E-state index is 12.2. The van der Waals surface area contributed by atoms with Crippen LogP contribution < -0.4 is 10.1 Å². The highest BCUT2D eigenvalue weighted by Gasteiger charge is 2.27. The van der Waals surface area contributed by atoms with Crippen molar-refractivity contribution >= 4 is 17.3 Å². The van der Waals surface area contributed by atoms with Gasteiger partial charge >= 0.3 is 5.69 Å². The fourth-order valence-corrected chi connectivity index (χ4v) is 2.42. The molecule has 0 fully saturated rings. The summed E-state index contributed by atoms with van der Waals surface area (Å²) in [5.74, 6) is 0.660. The van der Waals surface area contributed by atoms with Crippen LogP contribution in [0.4, 0.5) is 11.4 Å². The number of ether oxygens (including phenoxy) is 1. The zero-order valence-corrected chi connectivity index (χ0v) is 14.1. The molecule has 0 saturated carbocycles. The molecule has 3 rings (SSSR count). The Kier molecular flexibility index (Phi) is 4.66. The Bertz CT molecular complexity index is 964. The van der Waals surface area contributed by atoms with Gasteiger partial charge in [0.05, 0.1) is 4.92 Å². The Balaban J connectivity index is 1.71. The molecule has 0 atom stereocenters. The number of carbonyl (C=O) groups excluding carboxylic acids is 1. The second-order valence-corrected chi connectivity index (χ2v) is 5.70. The van der Waals surface area contributed by atoms with Gasteiger partial charge in [0.15, 0.2) is 0 Å². The van der Waals surface area contributed by atoms with E-state index in [4.69, 9.17) is 4.74 Å². The molecule has 0 aliphatic heterocycles. The highest BCUT2D eigenvalue weighted by molar-refractivity contribution is 6.05. The van der Waals surface area contributed by atoms with E-state index in [1.807, 2.05) is 31.2 Å². The van der Waals surface area contributed by atoms with Gasteiger partial charge in [0, 0.05) is 5.69 Å². The van der Waals surface area contributed by atoms with Gasteiger partial charge in [-0.2, -0.15) is 5.10 Å². The molecule has 0 aliphatic rings. The molecule has 0 spiro atoms. The number of H-pyrrole nitrogens is 1. The predicted molar refractivity (Wildman–Crippen MR) is 95.6 cm³/mol. The maximum atomic E-state index is 12.2. The molecule has 132 valence electrons. The SMILES string of the molecule is Cc1cccc(Oc2ccc(NC(=O)c3n[nH]c(C)c3[N+](=O)[O-])cc2)c1. The van der Waals surface area contributed by atoms with Gasteiger partial charge < -0.3 is 10.1 Å². The Morgan fingerprint density at radius 3 is 2.54 bits per heavy atom. The predicted octanol–water partition coefficient (Wildman–Crippen LogP) is 3.98. The molecule has 0 bridgehead atoms. The second kappa shape index (κ2) is 7.06. The largest absolute Gasteiger partial charge is 0.457 e. The average Bonchev–Trinajstić information content (AvgIpc) is 2.99. The minimum absolute atomic E-state index is 0.224. The number of aromatic amines is 1. The van der Waals surface area contributed by atoms with Crippen LogP contribution in [-0.2, 0) is 0 Å². The monoisotopic (exact) mass is 352 g/mol. The Labute approximate surface area is 149 Å². The van der Waals surface area contributed by atoms with Gasteiger partial charge in [0.1, 0.15) is 17.2 Å². The van der Waals surface area contributed by atoms with Gasteiger partial charge in [-0.3, -0.25) is 20.0 Å². The first kappa shape index (κ1) is 17.2. The number of benzene rings is 2. The summed E-state index contributed by atoms with van der Waals surface area (Å²) in [5.41, 5.74) is 1.19. The summed E-state index contributed by atoms with van der Waals surface area (Å²) >= 11 is 0. The number of carbonyl (C=O) groups is 1. The molecule has 8 nitrogen and oxygen atoms in total. The van der Waals surface area contributed by atoms with Crippen LogP contribution in [0.5, 0.6) is 11.5 Å². The molecule has 0 radical (unpaired) electrons. The lowest BCUT2D eigenvalue weighted by Gasteiger charge is -2.08. The Morgan fingerprint density at radius 2 is 1.88 bits per heavy atom. The first-order valence-electron chi connectivity index (χ1n) is 7.79. The molecule has 0 saturated heterocycles. The molecule has 26 heavy (non-hydrogen) atoms. The quantitative estimate of drug-likeness (QED) is 0.533. The van der Waals surface area contributed by atoms with Crippen LogP contribution in [0, 0.1) is 24.0 Å². The van der Waals surface area contributed by atoms with Gasteiger partial charge in [-0.15, -0.1) is 0 Å². The molecule has 0 unspecified atom stereocenters. The molecule has 3 aromatic rings. The van der Waals surface area contributed by atoms with Crippen molar-refractivity contribution in [3.8, 4) is 11.5 Å². The minimum atomic E-state index is -0.659. The van der Waals surface area contributed by atoms with Crippen LogP contribution in [0.1, 0.15) is 21.7 Å². The van der Waals surface area contributed by atoms with Gasteiger partial charge in [-0.25, -0.2) is 0 Å². The van der Waals surface area contributed by atoms with Gasteiger partial charge in [-0.05, 0) is 55.8 Å². The third-order valence-electron chi connectivity index (χ3n) is 3.65. The number of rotatable bonds is 5. The smallest absolute Gasteiger partial charge is 0.322 e. The van der Waals surface area contributed by atoms with E-state index in [1.54, 1.807) is 24.3 Å². The standard InChI is InChI=1S/C18H16N4O4/c1-11-4-3-5-15(10-11)26-14-8-6-13(7-9-14)19-18(23)16-17(22(24)25)12(2)20-21-16/h3-10H,1-2H3,(H,19,23)(H,20,21). The number of amides is 1. The first-order chi connectivity index (χ1) is 12.4. The molecule has 8 heteroatoms. The number of aryl methyl sites for hydroxylation is 2. The first-order valence-corrected chi connectivity index (χ1v) is 7.79. The fraction of sp³-hybridized carbons (Fsp3) is 0.111. The van der Waals surface area contributed by atoms with Crippen LogP contribution in [0.25, 0.3) is 0 Å². The van der Waals surface area contributed by atoms with Crippen LogP contribution in [-0.4, -0.2) is 21.0 Å². The lowest BCUT2D eigenvalue weighted by atomic mass is 10.2. The topological polar surface area (TPSA) is 110 Å². The van der Waals surface area contributed by atoms with Crippen molar-refractivity contribution in [2.45, 2.75) is 13.8 Å². The van der Waals surface area contributed by atoms with E-state index in [0.717, 1.165) is 5.56 Å². The molecule has 0 aliphatic carbocycles. The molecule has 1 heterocycles. The number of anilines is 1. The summed E-state index contributed by atoms with van der Waals surface area (Å²) in [6.07, 6.45) is 0. The molecule has 2 N–H and O–H groups in total. The number of aromatic nitrogens is 2. The van der Waals surface area contributed by atoms with E-state index in [0.29, 0.717) is 17.2 Å². The Hall–Kier alpha value is -3.68. The summed E-state index contributed by atoms with van der Waals surface area (Å²) in [6.45, 7) is 3.46. The van der Waals surface area contributed by atoms with E-state index < -0.39 is 10.8 Å². The van der Waals surface area contributed by atoms with Gasteiger partial charge in [-0.1, -0.05) is 12.1 Å². The second-order valence-electron chi connectivity index (χ2n) is 5.70. The van der Waals surface area contributed by atoms with E-state index in [2.05, 4.69) is 15.5 Å². The average molecular weight is 352 g/mol. The van der Waals surface area contributed by atoms with Crippen molar-refractivity contribution < 1.29 is 14.5 Å². The van der Waals surface area contributed by atoms with Gasteiger partial charge in [0.2, 0.25) is 5.69 Å². The summed E-state index contributed by atoms with van der Waals surface area (Å²) in [6, 6.07) is 14.3. The fourth-order valence-electron chi connectivity index (χ4n) is 2.42. The maximum Gasteiger partial charge on any atom is 0.322 e. The Morgan fingerprint density at radius 1 is 1.15 bits per heavy atom. The van der Waals surface area contributed by atoms with Crippen LogP contribution >= 0.6 is 0 Å². The highest BCUT2D eigenvalue weighted by atomic mass is 16.6. The van der Waals surface area contributed by atoms with Crippen molar-refractivity contribution in [1.29, 1.82) is 0 Å². The van der Waals surface area contributed by atoms with Crippen LogP contribution in [0.2, 0.25) is 0 Å². The summed E-state index contributed by atoms with van der Waals surface area (Å²) in [5, 5.41) is 19.8. The third kappa shape index (κ3) is 3.69. The van der Waals surface area contributed by atoms with Crippen molar-refractivity contribution in [2.75, 3.05) is 5.32 Å². The summed E-state index contributed by atoms with van der Waals surface area (Å²) < 4.78 is 5.74. The summed E-state index contributed by atoms with van der Waals surface area (Å²) in [7, 11) is 0. The van der Waals surface area contributed by atoms with Crippen molar-refractivity contribution in [2.24, 2.45) is 0 Å². The van der Waals surface area contributed by atoms with E-state index in [1.165, 1.54) is 6.92 Å². The molecule has 2 aromatic carbocycles. The number of nitrogens with zero attached hydrogens (tertiary/aromatic N) is 2. The minimum Gasteiger partial charge on any atom is -0.457 e. The van der Waals surface area contributed by atoms with Crippen molar-refractivity contribution in [3.63, 3.8) is 0 Å². The lowest BCUT2D eigenvalue weighted by molar-refractivity contribution is -0.385. The molecular weight excluding hydrogens is 336 g/mol. The normalized spacial score (nSPS) is 10.4. The van der Waals surface area contributed by atoms with Gasteiger partial charge in [0.25, 0.3) is 5.91 Å². The van der Waals surface area contributed by atoms with Crippen LogP contribution in [0.15, 0.2) is 48.5 Å². The molecule has 1 amide bonds. The molecular formula is C18H16N4O4. The highest BCUT2D eigenvalue weighted by Crippen LogP contribution is 2.25. The van der Waals surface area contributed by atoms with Crippen molar-refractivity contribution in [1.82, 2.24) is 10.2 Å². The van der Waals surface area contributed by atoms with E-state index >= 15 is 0 Å². The number of hydrogen-bond acceptors (Lipinski definition) is 5. The van der Waals surface area contributed by atoms with Crippen molar-refractivity contribution in [3.05, 3.63) is 75.6 Å². The van der Waals surface area contributed by atoms with E-state index in [9.17, 15) is 14.9 Å². The van der Waals surface area contributed by atoms with Crippen LogP contribution in [0.3, 0.4) is 0 Å². The third-order valence-corrected chi connectivity index (χ3v) is 3.65. The number of nitro groups is 1. The zero-order chi connectivity index (χ0) is 18.7. The van der Waals surface area contributed by atoms with E-state index in [-0.39, 0.29) is 17.1 Å².